The summed E-state index contributed by atoms with van der Waals surface area (Å²) >= 11 is 5.91. The Balaban J connectivity index is 1.84. The van der Waals surface area contributed by atoms with Gasteiger partial charge in [0.1, 0.15) is 5.76 Å². The number of hydrogen-bond donors (Lipinski definition) is 0. The van der Waals surface area contributed by atoms with Crippen LogP contribution in [0.15, 0.2) is 54.6 Å². The van der Waals surface area contributed by atoms with E-state index >= 15 is 0 Å². The van der Waals surface area contributed by atoms with Crippen LogP contribution in [-0.4, -0.2) is 5.97 Å². The number of esters is 1. The van der Waals surface area contributed by atoms with Gasteiger partial charge in [-0.1, -0.05) is 54.1 Å². The van der Waals surface area contributed by atoms with Gasteiger partial charge in [-0.3, -0.25) is 4.79 Å². The fraction of sp³-hybridized carbons (Fsp3) is 0.211. The summed E-state index contributed by atoms with van der Waals surface area (Å²) in [6.07, 6.45) is 4.65. The molecule has 3 heteroatoms. The second-order valence-electron chi connectivity index (χ2n) is 5.55. The maximum absolute atomic E-state index is 12.0. The van der Waals surface area contributed by atoms with Gasteiger partial charge < -0.3 is 4.74 Å². The highest BCUT2D eigenvalue weighted by Gasteiger charge is 2.25. The first-order valence-electron chi connectivity index (χ1n) is 7.44. The molecule has 112 valence electrons. The lowest BCUT2D eigenvalue weighted by Gasteiger charge is -2.09. The summed E-state index contributed by atoms with van der Waals surface area (Å²) in [4.78, 5) is 12.0. The van der Waals surface area contributed by atoms with Crippen molar-refractivity contribution in [1.82, 2.24) is 0 Å². The van der Waals surface area contributed by atoms with Crippen LogP contribution in [0, 0.1) is 5.92 Å². The SMILES string of the molecule is O=C(CC1CC1)O/C(=C/c1ccc(Cl)cc1)c1ccccc1. The van der Waals surface area contributed by atoms with Gasteiger partial charge in [-0.15, -0.1) is 0 Å². The molecule has 0 aliphatic heterocycles. The highest BCUT2D eigenvalue weighted by atomic mass is 35.5. The number of benzene rings is 2. The molecule has 0 atom stereocenters. The summed E-state index contributed by atoms with van der Waals surface area (Å²) in [5.74, 6) is 0.931. The van der Waals surface area contributed by atoms with Gasteiger partial charge >= 0.3 is 5.97 Å². The van der Waals surface area contributed by atoms with E-state index in [0.29, 0.717) is 23.1 Å². The molecule has 1 fully saturated rings. The number of halogens is 1. The zero-order valence-electron chi connectivity index (χ0n) is 12.2. The first kappa shape index (κ1) is 14.9. The second kappa shape index (κ2) is 6.80. The van der Waals surface area contributed by atoms with Crippen molar-refractivity contribution in [2.24, 2.45) is 5.92 Å². The largest absolute Gasteiger partial charge is 0.426 e. The average molecular weight is 313 g/mol. The van der Waals surface area contributed by atoms with Crippen molar-refractivity contribution in [2.75, 3.05) is 0 Å². The number of hydrogen-bond acceptors (Lipinski definition) is 2. The molecule has 0 heterocycles. The third-order valence-electron chi connectivity index (χ3n) is 3.60. The lowest BCUT2D eigenvalue weighted by atomic mass is 10.1. The predicted octanol–water partition coefficient (Wildman–Crippen LogP) is 5.18. The van der Waals surface area contributed by atoms with Crippen molar-refractivity contribution in [1.29, 1.82) is 0 Å². The zero-order valence-corrected chi connectivity index (χ0v) is 12.9. The maximum Gasteiger partial charge on any atom is 0.311 e. The van der Waals surface area contributed by atoms with E-state index in [2.05, 4.69) is 0 Å². The fourth-order valence-electron chi connectivity index (χ4n) is 2.21. The minimum atomic E-state index is -0.161. The zero-order chi connectivity index (χ0) is 15.4. The van der Waals surface area contributed by atoms with E-state index in [4.69, 9.17) is 16.3 Å². The average Bonchev–Trinajstić information content (AvgIpc) is 3.33. The van der Waals surface area contributed by atoms with Crippen LogP contribution in [0.25, 0.3) is 11.8 Å². The van der Waals surface area contributed by atoms with Crippen LogP contribution in [0.2, 0.25) is 5.02 Å². The van der Waals surface area contributed by atoms with Crippen LogP contribution >= 0.6 is 11.6 Å². The smallest absolute Gasteiger partial charge is 0.311 e. The second-order valence-corrected chi connectivity index (χ2v) is 5.98. The third kappa shape index (κ3) is 4.22. The third-order valence-corrected chi connectivity index (χ3v) is 3.85. The van der Waals surface area contributed by atoms with Crippen molar-refractivity contribution in [3.8, 4) is 0 Å². The summed E-state index contributed by atoms with van der Waals surface area (Å²) in [6.45, 7) is 0. The van der Waals surface area contributed by atoms with E-state index in [9.17, 15) is 4.79 Å². The maximum atomic E-state index is 12.0. The normalized spacial score (nSPS) is 14.7. The Morgan fingerprint density at radius 2 is 1.77 bits per heavy atom. The Morgan fingerprint density at radius 1 is 1.09 bits per heavy atom. The van der Waals surface area contributed by atoms with E-state index in [0.717, 1.165) is 24.0 Å². The molecule has 0 aromatic heterocycles. The van der Waals surface area contributed by atoms with Crippen LogP contribution in [0.3, 0.4) is 0 Å². The fourth-order valence-corrected chi connectivity index (χ4v) is 2.33. The van der Waals surface area contributed by atoms with Crippen molar-refractivity contribution in [2.45, 2.75) is 19.3 Å². The monoisotopic (exact) mass is 312 g/mol. The van der Waals surface area contributed by atoms with Gasteiger partial charge in [-0.25, -0.2) is 0 Å². The minimum Gasteiger partial charge on any atom is -0.426 e. The minimum absolute atomic E-state index is 0.161. The summed E-state index contributed by atoms with van der Waals surface area (Å²) in [6, 6.07) is 17.1. The summed E-state index contributed by atoms with van der Waals surface area (Å²) in [5.41, 5.74) is 1.84. The van der Waals surface area contributed by atoms with Crippen LogP contribution in [0.1, 0.15) is 30.4 Å². The number of rotatable bonds is 5. The van der Waals surface area contributed by atoms with Crippen molar-refractivity contribution in [3.63, 3.8) is 0 Å². The van der Waals surface area contributed by atoms with Crippen LogP contribution in [-0.2, 0) is 9.53 Å². The van der Waals surface area contributed by atoms with Gasteiger partial charge in [0, 0.05) is 17.0 Å². The van der Waals surface area contributed by atoms with Crippen molar-refractivity contribution in [3.05, 3.63) is 70.7 Å². The summed E-state index contributed by atoms with van der Waals surface area (Å²) in [5, 5.41) is 0.684. The molecular weight excluding hydrogens is 296 g/mol. The Hall–Kier alpha value is -2.06. The standard InChI is InChI=1S/C19H17ClO2/c20-17-10-8-14(9-11-17)12-18(16-4-2-1-3-5-16)22-19(21)13-15-6-7-15/h1-5,8-12,15H,6-7,13H2/b18-12+. The van der Waals surface area contributed by atoms with Crippen LogP contribution in [0.4, 0.5) is 0 Å². The van der Waals surface area contributed by atoms with Gasteiger partial charge in [0.15, 0.2) is 0 Å². The number of ether oxygens (including phenoxy) is 1. The Morgan fingerprint density at radius 3 is 2.41 bits per heavy atom. The Bertz CT molecular complexity index is 670. The van der Waals surface area contributed by atoms with Crippen LogP contribution < -0.4 is 0 Å². The van der Waals surface area contributed by atoms with E-state index < -0.39 is 0 Å². The molecule has 0 N–H and O–H groups in total. The van der Waals surface area contributed by atoms with Gasteiger partial charge in [0.25, 0.3) is 0 Å². The van der Waals surface area contributed by atoms with E-state index in [1.807, 2.05) is 60.7 Å². The van der Waals surface area contributed by atoms with Crippen molar-refractivity contribution >= 4 is 29.4 Å². The van der Waals surface area contributed by atoms with Crippen LogP contribution in [0.5, 0.6) is 0 Å². The topological polar surface area (TPSA) is 26.3 Å². The van der Waals surface area contributed by atoms with E-state index in [-0.39, 0.29) is 5.97 Å². The van der Waals surface area contributed by atoms with Crippen molar-refractivity contribution < 1.29 is 9.53 Å². The lowest BCUT2D eigenvalue weighted by Crippen LogP contribution is -2.04. The first-order valence-corrected chi connectivity index (χ1v) is 7.82. The molecule has 2 nitrogen and oxygen atoms in total. The van der Waals surface area contributed by atoms with Gasteiger partial charge in [-0.05, 0) is 42.5 Å². The van der Waals surface area contributed by atoms with E-state index in [1.165, 1.54) is 0 Å². The predicted molar refractivity (Wildman–Crippen MR) is 89.2 cm³/mol. The molecule has 0 bridgehead atoms. The molecule has 0 radical (unpaired) electrons. The molecule has 0 amide bonds. The van der Waals surface area contributed by atoms with Gasteiger partial charge in [0.05, 0.1) is 0 Å². The Kier molecular flexibility index (Phi) is 4.59. The molecule has 0 unspecified atom stereocenters. The molecule has 0 saturated heterocycles. The summed E-state index contributed by atoms with van der Waals surface area (Å²) in [7, 11) is 0. The molecular formula is C19H17ClO2. The molecule has 22 heavy (non-hydrogen) atoms. The van der Waals surface area contributed by atoms with Gasteiger partial charge in [-0.2, -0.15) is 0 Å². The highest BCUT2D eigenvalue weighted by molar-refractivity contribution is 6.30. The molecule has 1 aliphatic carbocycles. The van der Waals surface area contributed by atoms with Gasteiger partial charge in [0.2, 0.25) is 0 Å². The first-order chi connectivity index (χ1) is 10.7. The molecule has 1 aliphatic rings. The quantitative estimate of drug-likeness (QED) is 0.432. The Labute approximate surface area is 135 Å². The number of carbonyl (C=O) groups is 1. The molecule has 2 aromatic carbocycles. The highest BCUT2D eigenvalue weighted by Crippen LogP contribution is 2.33. The molecule has 2 aromatic rings. The molecule has 0 spiro atoms. The molecule has 1 saturated carbocycles. The lowest BCUT2D eigenvalue weighted by molar-refractivity contribution is -0.137. The molecule has 3 rings (SSSR count). The number of carbonyl (C=O) groups excluding carboxylic acids is 1. The summed E-state index contributed by atoms with van der Waals surface area (Å²) < 4.78 is 5.61. The van der Waals surface area contributed by atoms with E-state index in [1.54, 1.807) is 0 Å².